The van der Waals surface area contributed by atoms with Gasteiger partial charge in [-0.2, -0.15) is 0 Å². The van der Waals surface area contributed by atoms with Gasteiger partial charge in [-0.05, 0) is 44.9 Å². The molecule has 3 atom stereocenters. The Morgan fingerprint density at radius 3 is 1.36 bits per heavy atom. The summed E-state index contributed by atoms with van der Waals surface area (Å²) in [5.74, 6) is -0.165. The second kappa shape index (κ2) is 44.2. The van der Waals surface area contributed by atoms with Crippen molar-refractivity contribution < 1.29 is 32.9 Å². The molecule has 0 aliphatic heterocycles. The lowest BCUT2D eigenvalue weighted by Gasteiger charge is -2.30. The minimum atomic E-state index is -4.57. The summed E-state index contributed by atoms with van der Waals surface area (Å²) in [5.41, 5.74) is 0. The summed E-state index contributed by atoms with van der Waals surface area (Å²) in [6.45, 7) is 4.73. The predicted molar refractivity (Wildman–Crippen MR) is 261 cm³/mol. The van der Waals surface area contributed by atoms with Crippen molar-refractivity contribution in [3.63, 3.8) is 0 Å². The molecule has 0 aromatic heterocycles. The van der Waals surface area contributed by atoms with E-state index >= 15 is 0 Å². The average Bonchev–Trinajstić information content (AvgIpc) is 3.21. The molecule has 362 valence electrons. The number of hydrogen-bond acceptors (Lipinski definition) is 6. The minimum absolute atomic E-state index is 0.0129. The van der Waals surface area contributed by atoms with Crippen LogP contribution in [0.1, 0.15) is 251 Å². The van der Waals surface area contributed by atoms with E-state index in [9.17, 15) is 19.4 Å². The quantitative estimate of drug-likeness (QED) is 0.0273. The first-order valence-corrected chi connectivity index (χ1v) is 27.6. The van der Waals surface area contributed by atoms with Crippen LogP contribution in [0.3, 0.4) is 0 Å². The number of phosphoric ester groups is 1. The number of amides is 1. The average molecular weight is 883 g/mol. The van der Waals surface area contributed by atoms with Crippen molar-refractivity contribution >= 4 is 13.7 Å². The monoisotopic (exact) mass is 883 g/mol. The Hall–Kier alpha value is -1.02. The number of carbonyl (C=O) groups is 1. The maximum atomic E-state index is 12.9. The predicted octanol–water partition coefficient (Wildman–Crippen LogP) is 14.6. The van der Waals surface area contributed by atoms with Gasteiger partial charge in [0.05, 0.1) is 39.9 Å². The van der Waals surface area contributed by atoms with Gasteiger partial charge in [-0.25, -0.2) is 0 Å². The zero-order valence-corrected chi connectivity index (χ0v) is 42.0. The lowest BCUT2D eigenvalue weighted by Crippen LogP contribution is -2.46. The highest BCUT2D eigenvalue weighted by Gasteiger charge is 2.24. The molecule has 0 heterocycles. The molecule has 0 bridgehead atoms. The fraction of sp³-hybridized carbons (Fsp3) is 0.904. The van der Waals surface area contributed by atoms with Crippen LogP contribution in [0.2, 0.25) is 0 Å². The third-order valence-electron chi connectivity index (χ3n) is 11.9. The van der Waals surface area contributed by atoms with Gasteiger partial charge in [0.15, 0.2) is 0 Å². The zero-order chi connectivity index (χ0) is 45.0. The van der Waals surface area contributed by atoms with Crippen LogP contribution in [0.15, 0.2) is 24.3 Å². The van der Waals surface area contributed by atoms with Crippen molar-refractivity contribution in [3.05, 3.63) is 24.3 Å². The van der Waals surface area contributed by atoms with Crippen molar-refractivity contribution in [2.24, 2.45) is 0 Å². The molecule has 0 aliphatic rings. The molecule has 0 aromatic rings. The third kappa shape index (κ3) is 46.8. The number of quaternary nitrogens is 1. The van der Waals surface area contributed by atoms with Gasteiger partial charge in [0.1, 0.15) is 13.2 Å². The first kappa shape index (κ1) is 60.0. The highest BCUT2D eigenvalue weighted by Crippen LogP contribution is 2.38. The molecule has 61 heavy (non-hydrogen) atoms. The molecule has 0 aromatic carbocycles. The fourth-order valence-corrected chi connectivity index (χ4v) is 8.50. The number of nitrogens with one attached hydrogen (secondary N) is 1. The Kier molecular flexibility index (Phi) is 43.5. The second-order valence-corrected chi connectivity index (χ2v) is 20.6. The van der Waals surface area contributed by atoms with Crippen molar-refractivity contribution in [3.8, 4) is 0 Å². The Labute approximate surface area is 379 Å². The van der Waals surface area contributed by atoms with Crippen molar-refractivity contribution in [2.75, 3.05) is 40.9 Å². The standard InChI is InChI=1S/C52H103N2O6P/c1-6-8-10-12-14-16-18-20-22-24-25-26-27-28-29-30-32-34-36-38-40-42-44-46-52(56)53-50(49-60-61(57,58)59-48-47-54(3,4)5)51(55)45-43-41-39-37-35-33-31-23-21-19-17-15-13-11-9-7-2/h18,20,24-25,50-51,55H,6-17,19,21-23,26-49H2,1-5H3,(H-,53,56,57,58)/b20-18-,25-24-. The Morgan fingerprint density at radius 2 is 0.951 bits per heavy atom. The third-order valence-corrected chi connectivity index (χ3v) is 12.9. The maximum Gasteiger partial charge on any atom is 0.268 e. The largest absolute Gasteiger partial charge is 0.756 e. The molecule has 8 nitrogen and oxygen atoms in total. The Balaban J connectivity index is 4.21. The number of likely N-dealkylation sites (N-methyl/N-ethyl adjacent to an activating group) is 1. The van der Waals surface area contributed by atoms with Gasteiger partial charge in [0, 0.05) is 6.42 Å². The SMILES string of the molecule is CCCCCCC/C=C\C/C=C\CCCCCCCCCCCCCC(=O)NC(COP(=O)([O-])OCC[N+](C)(C)C)C(O)CCCCCCCCCCCCCCCCCC. The van der Waals surface area contributed by atoms with E-state index in [0.717, 1.165) is 44.9 Å². The fourth-order valence-electron chi connectivity index (χ4n) is 7.78. The van der Waals surface area contributed by atoms with E-state index < -0.39 is 20.0 Å². The zero-order valence-electron chi connectivity index (χ0n) is 41.1. The van der Waals surface area contributed by atoms with Gasteiger partial charge in [-0.3, -0.25) is 9.36 Å². The molecule has 0 spiro atoms. The van der Waals surface area contributed by atoms with Crippen LogP contribution in [-0.2, 0) is 18.4 Å². The Bertz CT molecular complexity index is 1050. The van der Waals surface area contributed by atoms with E-state index in [0.29, 0.717) is 23.9 Å². The number of phosphoric acid groups is 1. The molecule has 3 unspecified atom stereocenters. The first-order valence-electron chi connectivity index (χ1n) is 26.2. The van der Waals surface area contributed by atoms with E-state index in [1.54, 1.807) is 0 Å². The highest BCUT2D eigenvalue weighted by molar-refractivity contribution is 7.45. The molecule has 9 heteroatoms. The molecule has 1 amide bonds. The topological polar surface area (TPSA) is 108 Å². The van der Waals surface area contributed by atoms with Crippen LogP contribution in [0.25, 0.3) is 0 Å². The molecule has 0 saturated heterocycles. The number of aliphatic hydroxyl groups is 1. The van der Waals surface area contributed by atoms with Crippen LogP contribution in [-0.4, -0.2) is 68.5 Å². The normalized spacial score (nSPS) is 14.3. The number of aliphatic hydroxyl groups excluding tert-OH is 1. The molecule has 0 aliphatic carbocycles. The highest BCUT2D eigenvalue weighted by atomic mass is 31.2. The first-order chi connectivity index (χ1) is 29.5. The van der Waals surface area contributed by atoms with Gasteiger partial charge in [-0.1, -0.05) is 224 Å². The van der Waals surface area contributed by atoms with Crippen LogP contribution < -0.4 is 10.2 Å². The summed E-state index contributed by atoms with van der Waals surface area (Å²) < 4.78 is 23.4. The summed E-state index contributed by atoms with van der Waals surface area (Å²) in [6, 6.07) is -0.799. The van der Waals surface area contributed by atoms with Gasteiger partial charge >= 0.3 is 0 Å². The number of allylic oxidation sites excluding steroid dienone is 4. The van der Waals surface area contributed by atoms with Crippen molar-refractivity contribution in [1.29, 1.82) is 0 Å². The smallest absolute Gasteiger partial charge is 0.268 e. The second-order valence-electron chi connectivity index (χ2n) is 19.2. The summed E-state index contributed by atoms with van der Waals surface area (Å²) in [6.07, 6.45) is 53.3. The van der Waals surface area contributed by atoms with E-state index in [4.69, 9.17) is 9.05 Å². The lowest BCUT2D eigenvalue weighted by atomic mass is 10.0. The summed E-state index contributed by atoms with van der Waals surface area (Å²) in [7, 11) is 1.31. The molecule has 2 N–H and O–H groups in total. The van der Waals surface area contributed by atoms with Crippen LogP contribution in [0, 0.1) is 0 Å². The van der Waals surface area contributed by atoms with E-state index in [-0.39, 0.29) is 19.1 Å². The summed E-state index contributed by atoms with van der Waals surface area (Å²) >= 11 is 0. The van der Waals surface area contributed by atoms with Gasteiger partial charge < -0.3 is 28.8 Å². The van der Waals surface area contributed by atoms with Gasteiger partial charge in [0.25, 0.3) is 7.82 Å². The van der Waals surface area contributed by atoms with Crippen molar-refractivity contribution in [2.45, 2.75) is 264 Å². The van der Waals surface area contributed by atoms with Gasteiger partial charge in [-0.15, -0.1) is 0 Å². The number of carbonyl (C=O) groups excluding carboxylic acids is 1. The molecular weight excluding hydrogens is 780 g/mol. The van der Waals surface area contributed by atoms with Crippen LogP contribution in [0.4, 0.5) is 0 Å². The molecular formula is C52H103N2O6P. The van der Waals surface area contributed by atoms with Crippen LogP contribution in [0.5, 0.6) is 0 Å². The summed E-state index contributed by atoms with van der Waals surface area (Å²) in [5, 5.41) is 14.0. The molecule has 0 fully saturated rings. The van der Waals surface area contributed by atoms with Crippen LogP contribution >= 0.6 is 7.82 Å². The van der Waals surface area contributed by atoms with E-state index in [1.807, 2.05) is 21.1 Å². The van der Waals surface area contributed by atoms with Gasteiger partial charge in [0.2, 0.25) is 5.91 Å². The van der Waals surface area contributed by atoms with Crippen molar-refractivity contribution in [1.82, 2.24) is 5.32 Å². The van der Waals surface area contributed by atoms with E-state index in [1.165, 1.54) is 180 Å². The van der Waals surface area contributed by atoms with E-state index in [2.05, 4.69) is 43.5 Å². The minimum Gasteiger partial charge on any atom is -0.756 e. The summed E-state index contributed by atoms with van der Waals surface area (Å²) in [4.78, 5) is 25.4. The number of rotatable bonds is 48. The molecule has 0 radical (unpaired) electrons. The lowest BCUT2D eigenvalue weighted by molar-refractivity contribution is -0.870. The Morgan fingerprint density at radius 1 is 0.574 bits per heavy atom. The number of hydrogen-bond donors (Lipinski definition) is 2. The molecule has 0 saturated carbocycles. The maximum absolute atomic E-state index is 12.9. The molecule has 0 rings (SSSR count). The number of unbranched alkanes of at least 4 members (excludes halogenated alkanes) is 31. The number of nitrogens with zero attached hydrogens (tertiary/aromatic N) is 1.